The molecule has 0 bridgehead atoms. The molecular formula is C29H30N8O4. The first-order valence-electron chi connectivity index (χ1n) is 13.3. The third-order valence-electron chi connectivity index (χ3n) is 7.44. The van der Waals surface area contributed by atoms with Crippen molar-refractivity contribution >= 4 is 40.0 Å². The van der Waals surface area contributed by atoms with Gasteiger partial charge in [-0.2, -0.15) is 5.10 Å². The Balaban J connectivity index is 1.35. The maximum atomic E-state index is 13.0. The lowest BCUT2D eigenvalue weighted by molar-refractivity contribution is -0.127. The second-order valence-electron chi connectivity index (χ2n) is 10.1. The summed E-state index contributed by atoms with van der Waals surface area (Å²) in [5.74, 6) is 0.728. The molecule has 2 aliphatic heterocycles. The van der Waals surface area contributed by atoms with Crippen LogP contribution in [0.2, 0.25) is 0 Å². The van der Waals surface area contributed by atoms with Gasteiger partial charge in [0.15, 0.2) is 17.1 Å². The van der Waals surface area contributed by atoms with Crippen LogP contribution in [0.15, 0.2) is 55.4 Å². The van der Waals surface area contributed by atoms with Crippen molar-refractivity contribution in [3.8, 4) is 22.8 Å². The monoisotopic (exact) mass is 554 g/mol. The van der Waals surface area contributed by atoms with E-state index in [9.17, 15) is 9.59 Å². The number of carbonyl (C=O) groups excluding carboxylic acids is 2. The van der Waals surface area contributed by atoms with Crippen molar-refractivity contribution in [2.75, 3.05) is 43.4 Å². The van der Waals surface area contributed by atoms with Crippen LogP contribution >= 0.6 is 0 Å². The van der Waals surface area contributed by atoms with Crippen LogP contribution in [0.5, 0.6) is 11.5 Å². The summed E-state index contributed by atoms with van der Waals surface area (Å²) in [4.78, 5) is 37.9. The molecule has 2 aromatic carbocycles. The average molecular weight is 555 g/mol. The quantitative estimate of drug-likeness (QED) is 0.329. The minimum atomic E-state index is -0.275. The van der Waals surface area contributed by atoms with Crippen LogP contribution in [0, 0.1) is 0 Å². The molecule has 2 amide bonds. The van der Waals surface area contributed by atoms with E-state index in [1.807, 2.05) is 36.0 Å². The lowest BCUT2D eigenvalue weighted by atomic mass is 10.1. The number of nitrogens with zero attached hydrogens (tertiary/aromatic N) is 6. The van der Waals surface area contributed by atoms with Crippen molar-refractivity contribution in [2.45, 2.75) is 25.4 Å². The van der Waals surface area contributed by atoms with Gasteiger partial charge in [0.25, 0.3) is 5.91 Å². The first kappa shape index (κ1) is 26.1. The van der Waals surface area contributed by atoms with E-state index in [0.29, 0.717) is 58.1 Å². The number of nitrogen functional groups attached to an aromatic ring is 1. The number of aromatic nitrogens is 4. The van der Waals surface area contributed by atoms with Gasteiger partial charge in [0, 0.05) is 37.5 Å². The Morgan fingerprint density at radius 1 is 1.15 bits per heavy atom. The van der Waals surface area contributed by atoms with E-state index in [2.05, 4.69) is 21.9 Å². The average Bonchev–Trinajstić information content (AvgIpc) is 3.73. The molecule has 1 unspecified atom stereocenters. The Hall–Kier alpha value is -5.13. The van der Waals surface area contributed by atoms with Crippen molar-refractivity contribution in [3.05, 3.63) is 60.9 Å². The lowest BCUT2D eigenvalue weighted by Gasteiger charge is -2.23. The van der Waals surface area contributed by atoms with Crippen LogP contribution in [-0.4, -0.2) is 69.9 Å². The van der Waals surface area contributed by atoms with Gasteiger partial charge in [0.2, 0.25) is 12.7 Å². The summed E-state index contributed by atoms with van der Waals surface area (Å²) in [6.45, 7) is 4.73. The maximum Gasteiger partial charge on any atom is 0.255 e. The number of amides is 2. The van der Waals surface area contributed by atoms with E-state index in [1.165, 1.54) is 12.4 Å². The highest BCUT2D eigenvalue weighted by Crippen LogP contribution is 2.48. The van der Waals surface area contributed by atoms with Gasteiger partial charge in [-0.25, -0.2) is 14.6 Å². The van der Waals surface area contributed by atoms with Gasteiger partial charge in [-0.3, -0.25) is 9.59 Å². The van der Waals surface area contributed by atoms with E-state index >= 15 is 0 Å². The van der Waals surface area contributed by atoms with Crippen molar-refractivity contribution in [2.24, 2.45) is 0 Å². The number of benzene rings is 2. The van der Waals surface area contributed by atoms with Crippen LogP contribution in [0.25, 0.3) is 22.3 Å². The van der Waals surface area contributed by atoms with Gasteiger partial charge < -0.3 is 30.3 Å². The fourth-order valence-corrected chi connectivity index (χ4v) is 5.37. The second-order valence-corrected chi connectivity index (χ2v) is 10.1. The normalized spacial score (nSPS) is 15.8. The summed E-state index contributed by atoms with van der Waals surface area (Å²) < 4.78 is 13.4. The summed E-state index contributed by atoms with van der Waals surface area (Å²) in [5.41, 5.74) is 10.0. The van der Waals surface area contributed by atoms with Gasteiger partial charge in [-0.05, 0) is 55.3 Å². The minimum Gasteiger partial charge on any atom is -0.453 e. The number of carbonyl (C=O) groups is 2. The number of nitrogens with one attached hydrogen (secondary N) is 1. The molecule has 12 nitrogen and oxygen atoms in total. The zero-order valence-electron chi connectivity index (χ0n) is 22.8. The Morgan fingerprint density at radius 3 is 2.68 bits per heavy atom. The van der Waals surface area contributed by atoms with E-state index in [-0.39, 0.29) is 30.5 Å². The Kier molecular flexibility index (Phi) is 6.66. The van der Waals surface area contributed by atoms with Crippen molar-refractivity contribution in [1.82, 2.24) is 24.6 Å². The number of fused-ring (bicyclic) bond motifs is 2. The molecule has 1 fully saturated rings. The van der Waals surface area contributed by atoms with Crippen molar-refractivity contribution < 1.29 is 19.1 Å². The van der Waals surface area contributed by atoms with Gasteiger partial charge in [-0.15, -0.1) is 0 Å². The van der Waals surface area contributed by atoms with E-state index < -0.39 is 0 Å². The highest BCUT2D eigenvalue weighted by atomic mass is 16.7. The maximum absolute atomic E-state index is 13.0. The number of likely N-dealkylation sites (tertiary alicyclic amines) is 1. The van der Waals surface area contributed by atoms with Crippen LogP contribution in [0.4, 0.5) is 17.2 Å². The van der Waals surface area contributed by atoms with Crippen molar-refractivity contribution in [1.29, 1.82) is 0 Å². The molecule has 41 heavy (non-hydrogen) atoms. The summed E-state index contributed by atoms with van der Waals surface area (Å²) in [7, 11) is 3.88. The molecule has 3 N–H and O–H groups in total. The highest BCUT2D eigenvalue weighted by molar-refractivity contribution is 6.06. The second kappa shape index (κ2) is 10.5. The van der Waals surface area contributed by atoms with Crippen molar-refractivity contribution in [3.63, 3.8) is 0 Å². The molecule has 0 spiro atoms. The first-order chi connectivity index (χ1) is 19.9. The number of hydrogen-bond donors (Lipinski definition) is 2. The Labute approximate surface area is 236 Å². The van der Waals surface area contributed by atoms with E-state index in [1.54, 1.807) is 28.9 Å². The lowest BCUT2D eigenvalue weighted by Crippen LogP contribution is -2.37. The van der Waals surface area contributed by atoms with Gasteiger partial charge in [-0.1, -0.05) is 6.58 Å². The van der Waals surface area contributed by atoms with Gasteiger partial charge >= 0.3 is 0 Å². The Bertz CT molecular complexity index is 1660. The molecule has 0 radical (unpaired) electrons. The van der Waals surface area contributed by atoms with Crippen LogP contribution < -0.4 is 25.4 Å². The smallest absolute Gasteiger partial charge is 0.255 e. The zero-order chi connectivity index (χ0) is 28.7. The predicted molar refractivity (Wildman–Crippen MR) is 155 cm³/mol. The molecule has 1 saturated heterocycles. The summed E-state index contributed by atoms with van der Waals surface area (Å²) in [6.07, 6.45) is 4.48. The highest BCUT2D eigenvalue weighted by Gasteiger charge is 2.31. The minimum absolute atomic E-state index is 0.0158. The fraction of sp³-hybridized carbons (Fsp3) is 0.276. The molecule has 6 rings (SSSR count). The molecule has 2 aromatic heterocycles. The van der Waals surface area contributed by atoms with Gasteiger partial charge in [0.05, 0.1) is 23.7 Å². The molecule has 12 heteroatoms. The molecule has 4 heterocycles. The SMILES string of the molecule is C=CC(=O)N1CCCC1Cn1nc(-c2ccc(NC(=O)c3ccc(N(C)C)cc3)c3c2OCO3)c2c(N)ncnc21. The van der Waals surface area contributed by atoms with E-state index in [0.717, 1.165) is 18.5 Å². The standard InChI is InChI=1S/C29H30N8O4/c1-4-22(38)36-13-5-6-19(36)14-37-28-23(27(30)31-15-32-28)24(34-37)20-11-12-21(26-25(20)40-16-41-26)33-29(39)17-7-9-18(10-8-17)35(2)3/h4,7-12,15,19H,1,5-6,13-14,16H2,2-3H3,(H,33,39)(H2,30,31,32). The largest absolute Gasteiger partial charge is 0.453 e. The molecule has 210 valence electrons. The summed E-state index contributed by atoms with van der Waals surface area (Å²) in [5, 5.41) is 8.39. The number of anilines is 3. The molecule has 4 aromatic rings. The van der Waals surface area contributed by atoms with Crippen LogP contribution in [-0.2, 0) is 11.3 Å². The third kappa shape index (κ3) is 4.66. The first-order valence-corrected chi connectivity index (χ1v) is 13.3. The molecule has 1 atom stereocenters. The summed E-state index contributed by atoms with van der Waals surface area (Å²) >= 11 is 0. The third-order valence-corrected chi connectivity index (χ3v) is 7.44. The number of hydrogen-bond acceptors (Lipinski definition) is 9. The summed E-state index contributed by atoms with van der Waals surface area (Å²) in [6, 6.07) is 10.8. The zero-order valence-corrected chi connectivity index (χ0v) is 22.8. The molecule has 2 aliphatic rings. The van der Waals surface area contributed by atoms with Gasteiger partial charge in [0.1, 0.15) is 17.8 Å². The molecular weight excluding hydrogens is 524 g/mol. The molecule has 0 saturated carbocycles. The van der Waals surface area contributed by atoms with Crippen LogP contribution in [0.1, 0.15) is 23.2 Å². The topological polar surface area (TPSA) is 141 Å². The number of nitrogens with two attached hydrogens (primary N) is 1. The van der Waals surface area contributed by atoms with Crippen LogP contribution in [0.3, 0.4) is 0 Å². The molecule has 0 aliphatic carbocycles. The van der Waals surface area contributed by atoms with E-state index in [4.69, 9.17) is 20.3 Å². The number of ether oxygens (including phenoxy) is 2. The number of rotatable bonds is 7. The fourth-order valence-electron chi connectivity index (χ4n) is 5.37. The Morgan fingerprint density at radius 2 is 1.93 bits per heavy atom. The predicted octanol–water partition coefficient (Wildman–Crippen LogP) is 3.30.